The topological polar surface area (TPSA) is 42.7 Å². The van der Waals surface area contributed by atoms with Gasteiger partial charge in [-0.2, -0.15) is 15.0 Å². The highest BCUT2D eigenvalue weighted by molar-refractivity contribution is 6.30. The van der Waals surface area contributed by atoms with Crippen molar-refractivity contribution in [3.8, 4) is 11.3 Å². The van der Waals surface area contributed by atoms with Gasteiger partial charge in [0.05, 0.1) is 6.54 Å². The van der Waals surface area contributed by atoms with Crippen LogP contribution >= 0.6 is 11.6 Å². The lowest BCUT2D eigenvalue weighted by molar-refractivity contribution is 0.556. The molecule has 3 aromatic rings. The first kappa shape index (κ1) is 21.5. The van der Waals surface area contributed by atoms with E-state index in [0.29, 0.717) is 6.54 Å². The predicted molar refractivity (Wildman–Crippen MR) is 121 cm³/mol. The third-order valence-corrected chi connectivity index (χ3v) is 5.26. The second-order valence-electron chi connectivity index (χ2n) is 7.46. The summed E-state index contributed by atoms with van der Waals surface area (Å²) in [4.78, 5) is 1.79. The zero-order chi connectivity index (χ0) is 20.3. The van der Waals surface area contributed by atoms with E-state index in [2.05, 4.69) is 24.4 Å². The average Bonchev–Trinajstić information content (AvgIpc) is 3.15. The van der Waals surface area contributed by atoms with Crippen molar-refractivity contribution in [3.05, 3.63) is 70.9 Å². The second-order valence-corrected chi connectivity index (χ2v) is 7.90. The Morgan fingerprint density at radius 1 is 0.862 bits per heavy atom. The normalized spacial score (nSPS) is 11.1. The molecule has 0 unspecified atom stereocenters. The third kappa shape index (κ3) is 6.98. The van der Waals surface area contributed by atoms with Crippen LogP contribution in [0, 0.1) is 0 Å². The lowest BCUT2D eigenvalue weighted by Gasteiger charge is -2.04. The lowest BCUT2D eigenvalue weighted by atomic mass is 10.1. The Balaban J connectivity index is 1.61. The largest absolute Gasteiger partial charge is 0.311 e. The van der Waals surface area contributed by atoms with Crippen LogP contribution in [-0.2, 0) is 13.1 Å². The highest BCUT2D eigenvalue weighted by Crippen LogP contribution is 2.20. The van der Waals surface area contributed by atoms with Gasteiger partial charge in [0, 0.05) is 17.1 Å². The Labute approximate surface area is 179 Å². The standard InChI is InChI=1S/C24H31ClN4/c1-2-3-4-5-6-10-17-26-18-23-24(21-11-8-7-9-12-21)28-29(27-23)19-20-13-15-22(25)16-14-20/h7-9,11-16,26H,2-6,10,17-19H2,1H3. The Morgan fingerprint density at radius 2 is 1.59 bits per heavy atom. The molecule has 0 amide bonds. The molecule has 0 aliphatic carbocycles. The predicted octanol–water partition coefficient (Wildman–Crippen LogP) is 6.10. The van der Waals surface area contributed by atoms with Crippen molar-refractivity contribution in [3.63, 3.8) is 0 Å². The molecule has 0 spiro atoms. The van der Waals surface area contributed by atoms with Crippen LogP contribution in [0.2, 0.25) is 5.02 Å². The summed E-state index contributed by atoms with van der Waals surface area (Å²) in [5.41, 5.74) is 4.19. The van der Waals surface area contributed by atoms with Gasteiger partial charge in [-0.25, -0.2) is 0 Å². The van der Waals surface area contributed by atoms with Crippen LogP contribution in [0.3, 0.4) is 0 Å². The van der Waals surface area contributed by atoms with Crippen molar-refractivity contribution in [1.82, 2.24) is 20.3 Å². The van der Waals surface area contributed by atoms with E-state index in [0.717, 1.165) is 40.6 Å². The van der Waals surface area contributed by atoms with Gasteiger partial charge in [0.2, 0.25) is 0 Å². The highest BCUT2D eigenvalue weighted by Gasteiger charge is 2.13. The molecule has 1 aromatic heterocycles. The molecular weight excluding hydrogens is 380 g/mol. The molecule has 0 fully saturated rings. The number of hydrogen-bond acceptors (Lipinski definition) is 3. The summed E-state index contributed by atoms with van der Waals surface area (Å²) in [5, 5.41) is 13.8. The number of unbranched alkanes of at least 4 members (excludes halogenated alkanes) is 5. The first-order chi connectivity index (χ1) is 14.3. The fourth-order valence-corrected chi connectivity index (χ4v) is 3.51. The van der Waals surface area contributed by atoms with Crippen molar-refractivity contribution in [2.24, 2.45) is 0 Å². The molecule has 0 radical (unpaired) electrons. The number of nitrogens with zero attached hydrogens (tertiary/aromatic N) is 3. The Morgan fingerprint density at radius 3 is 2.34 bits per heavy atom. The van der Waals surface area contributed by atoms with Gasteiger partial charge in [-0.05, 0) is 30.7 Å². The first-order valence-electron chi connectivity index (χ1n) is 10.7. The monoisotopic (exact) mass is 410 g/mol. The maximum Gasteiger partial charge on any atom is 0.117 e. The van der Waals surface area contributed by atoms with Crippen molar-refractivity contribution in [2.75, 3.05) is 6.54 Å². The van der Waals surface area contributed by atoms with Gasteiger partial charge >= 0.3 is 0 Å². The van der Waals surface area contributed by atoms with Crippen molar-refractivity contribution >= 4 is 11.6 Å². The van der Waals surface area contributed by atoms with Gasteiger partial charge in [-0.1, -0.05) is 93.1 Å². The molecule has 154 valence electrons. The van der Waals surface area contributed by atoms with Crippen LogP contribution in [0.15, 0.2) is 54.6 Å². The fraction of sp³-hybridized carbons (Fsp3) is 0.417. The molecule has 0 bridgehead atoms. The molecule has 0 saturated heterocycles. The maximum atomic E-state index is 6.00. The number of benzene rings is 2. The highest BCUT2D eigenvalue weighted by atomic mass is 35.5. The minimum absolute atomic E-state index is 0.633. The Bertz CT molecular complexity index is 843. The van der Waals surface area contributed by atoms with Crippen molar-refractivity contribution in [2.45, 2.75) is 58.5 Å². The average molecular weight is 411 g/mol. The van der Waals surface area contributed by atoms with Crippen molar-refractivity contribution in [1.29, 1.82) is 0 Å². The van der Waals surface area contributed by atoms with E-state index in [9.17, 15) is 0 Å². The minimum atomic E-state index is 0.633. The van der Waals surface area contributed by atoms with E-state index >= 15 is 0 Å². The smallest absolute Gasteiger partial charge is 0.117 e. The second kappa shape index (κ2) is 11.7. The molecule has 0 saturated carbocycles. The van der Waals surface area contributed by atoms with Gasteiger partial charge in [-0.15, -0.1) is 0 Å². The van der Waals surface area contributed by atoms with E-state index in [1.807, 2.05) is 42.5 Å². The number of nitrogens with one attached hydrogen (secondary N) is 1. The Hall–Kier alpha value is -2.17. The lowest BCUT2D eigenvalue weighted by Crippen LogP contribution is -2.16. The summed E-state index contributed by atoms with van der Waals surface area (Å²) >= 11 is 6.00. The van der Waals surface area contributed by atoms with Crippen LogP contribution in [0.5, 0.6) is 0 Å². The zero-order valence-corrected chi connectivity index (χ0v) is 18.0. The Kier molecular flexibility index (Phi) is 8.72. The summed E-state index contributed by atoms with van der Waals surface area (Å²) in [6.07, 6.45) is 7.84. The van der Waals surface area contributed by atoms with E-state index < -0.39 is 0 Å². The fourth-order valence-electron chi connectivity index (χ4n) is 3.38. The molecule has 1 N–H and O–H groups in total. The molecular formula is C24H31ClN4. The molecule has 2 aromatic carbocycles. The van der Waals surface area contributed by atoms with Crippen LogP contribution in [-0.4, -0.2) is 21.5 Å². The summed E-state index contributed by atoms with van der Waals surface area (Å²) in [5.74, 6) is 0. The summed E-state index contributed by atoms with van der Waals surface area (Å²) < 4.78 is 0. The molecule has 0 aliphatic heterocycles. The SMILES string of the molecule is CCCCCCCCNCc1nn(Cc2ccc(Cl)cc2)nc1-c1ccccc1. The number of hydrogen-bond donors (Lipinski definition) is 1. The zero-order valence-electron chi connectivity index (χ0n) is 17.3. The number of halogens is 1. The van der Waals surface area contributed by atoms with Gasteiger partial charge in [0.25, 0.3) is 0 Å². The third-order valence-electron chi connectivity index (χ3n) is 5.01. The van der Waals surface area contributed by atoms with Gasteiger partial charge in [0.15, 0.2) is 0 Å². The molecule has 1 heterocycles. The quantitative estimate of drug-likeness (QED) is 0.367. The maximum absolute atomic E-state index is 6.00. The summed E-state index contributed by atoms with van der Waals surface area (Å²) in [6, 6.07) is 18.1. The molecule has 0 aliphatic rings. The summed E-state index contributed by atoms with van der Waals surface area (Å²) in [7, 11) is 0. The molecule has 4 nitrogen and oxygen atoms in total. The van der Waals surface area contributed by atoms with Crippen LogP contribution < -0.4 is 5.32 Å². The first-order valence-corrected chi connectivity index (χ1v) is 11.1. The summed E-state index contributed by atoms with van der Waals surface area (Å²) in [6.45, 7) is 4.64. The van der Waals surface area contributed by atoms with E-state index in [1.54, 1.807) is 4.80 Å². The van der Waals surface area contributed by atoms with Gasteiger partial charge in [0.1, 0.15) is 11.4 Å². The van der Waals surface area contributed by atoms with Gasteiger partial charge < -0.3 is 5.32 Å². The molecule has 29 heavy (non-hydrogen) atoms. The molecule has 5 heteroatoms. The molecule has 0 atom stereocenters. The van der Waals surface area contributed by atoms with Crippen molar-refractivity contribution < 1.29 is 0 Å². The van der Waals surface area contributed by atoms with Crippen LogP contribution in [0.4, 0.5) is 0 Å². The van der Waals surface area contributed by atoms with Crippen LogP contribution in [0.1, 0.15) is 56.7 Å². The van der Waals surface area contributed by atoms with E-state index in [1.165, 1.54) is 38.5 Å². The van der Waals surface area contributed by atoms with Gasteiger partial charge in [-0.3, -0.25) is 0 Å². The van der Waals surface area contributed by atoms with Crippen LogP contribution in [0.25, 0.3) is 11.3 Å². The van der Waals surface area contributed by atoms with E-state index in [-0.39, 0.29) is 0 Å². The van der Waals surface area contributed by atoms with E-state index in [4.69, 9.17) is 21.8 Å². The molecule has 3 rings (SSSR count). The number of aromatic nitrogens is 3. The number of rotatable bonds is 12. The minimum Gasteiger partial charge on any atom is -0.311 e.